The van der Waals surface area contributed by atoms with Crippen molar-refractivity contribution in [3.05, 3.63) is 98.6 Å². The fourth-order valence-electron chi connectivity index (χ4n) is 7.86. The normalized spacial score (nSPS) is 17.9. The molecule has 0 unspecified atom stereocenters. The molecule has 1 fully saturated rings. The number of allylic oxidation sites excluding steroid dienone is 4. The van der Waals surface area contributed by atoms with E-state index in [1.165, 1.54) is 104 Å². The summed E-state index contributed by atoms with van der Waals surface area (Å²) < 4.78 is 1.80. The molecule has 0 spiro atoms. The predicted molar refractivity (Wildman–Crippen MR) is 185 cm³/mol. The number of aryl methyl sites for hydroxylation is 2. The van der Waals surface area contributed by atoms with Crippen molar-refractivity contribution >= 4 is 14.4 Å². The molecule has 4 aliphatic rings. The van der Waals surface area contributed by atoms with E-state index in [2.05, 4.69) is 125 Å². The number of fused-ring (bicyclic) bond motifs is 5. The van der Waals surface area contributed by atoms with E-state index in [9.17, 15) is 0 Å². The molecule has 0 heterocycles. The van der Waals surface area contributed by atoms with Crippen molar-refractivity contribution in [1.82, 2.24) is 0 Å². The molecule has 0 amide bonds. The van der Waals surface area contributed by atoms with E-state index in [0.29, 0.717) is 5.41 Å². The van der Waals surface area contributed by atoms with E-state index >= 15 is 0 Å². The van der Waals surface area contributed by atoms with Crippen molar-refractivity contribution in [2.45, 2.75) is 131 Å². The van der Waals surface area contributed by atoms with Gasteiger partial charge in [0.25, 0.3) is 0 Å². The second kappa shape index (κ2) is 14.0. The summed E-state index contributed by atoms with van der Waals surface area (Å²) in [6.45, 7) is 24.8. The summed E-state index contributed by atoms with van der Waals surface area (Å²) in [4.78, 5) is 0. The number of hydrogen-bond donors (Lipinski definition) is 0. The van der Waals surface area contributed by atoms with Crippen LogP contribution >= 0.6 is 0 Å². The monoisotopic (exact) mass is 716 g/mol. The minimum absolute atomic E-state index is 0. The summed E-state index contributed by atoms with van der Waals surface area (Å²) in [5, 5.41) is 0. The van der Waals surface area contributed by atoms with E-state index in [1.54, 1.807) is 27.4 Å². The van der Waals surface area contributed by atoms with Crippen molar-refractivity contribution < 1.29 is 49.0 Å². The van der Waals surface area contributed by atoms with Crippen LogP contribution in [-0.2, 0) is 46.9 Å². The van der Waals surface area contributed by atoms with Crippen LogP contribution in [0.3, 0.4) is 0 Å². The Balaban J connectivity index is 0.000000230. The van der Waals surface area contributed by atoms with E-state index in [1.807, 2.05) is 0 Å². The Morgan fingerprint density at radius 3 is 1.76 bits per heavy atom. The molecule has 3 heteroatoms. The van der Waals surface area contributed by atoms with Crippen molar-refractivity contribution in [3.8, 4) is 11.1 Å². The van der Waals surface area contributed by atoms with Gasteiger partial charge >= 0.3 is 59.5 Å². The topological polar surface area (TPSA) is 0 Å². The number of benzene rings is 2. The minimum atomic E-state index is 0. The van der Waals surface area contributed by atoms with Gasteiger partial charge < -0.3 is 24.8 Å². The van der Waals surface area contributed by atoms with Gasteiger partial charge in [0.05, 0.1) is 0 Å². The summed E-state index contributed by atoms with van der Waals surface area (Å²) in [5.41, 5.74) is 19.1. The molecule has 7 rings (SSSR count). The quantitative estimate of drug-likeness (QED) is 0.213. The summed E-state index contributed by atoms with van der Waals surface area (Å²) >= 11 is 1.69. The Hall–Kier alpha value is -1.40. The Bertz CT molecular complexity index is 1560. The molecule has 0 nitrogen and oxygen atoms in total. The Labute approximate surface area is 302 Å². The fourth-order valence-corrected chi connectivity index (χ4v) is 8.73. The third kappa shape index (κ3) is 7.85. The fraction of sp³-hybridized carbons (Fsp3) is 0.476. The zero-order valence-corrected chi connectivity index (χ0v) is 33.5. The van der Waals surface area contributed by atoms with E-state index in [0.717, 1.165) is 6.42 Å². The zero-order chi connectivity index (χ0) is 31.5. The average Bonchev–Trinajstić information content (AvgIpc) is 3.57. The van der Waals surface area contributed by atoms with Crippen LogP contribution < -0.4 is 24.8 Å². The molecule has 3 aromatic rings. The molecule has 0 atom stereocenters. The summed E-state index contributed by atoms with van der Waals surface area (Å²) in [7, 11) is 0. The molecule has 0 aliphatic heterocycles. The number of rotatable bonds is 0. The van der Waals surface area contributed by atoms with Gasteiger partial charge in [-0.1, -0.05) is 98.3 Å². The molecule has 3 aromatic carbocycles. The maximum atomic E-state index is 3.65. The molecule has 4 aliphatic carbocycles. The number of halogens is 2. The Morgan fingerprint density at radius 2 is 1.29 bits per heavy atom. The molecule has 0 radical (unpaired) electrons. The Morgan fingerprint density at radius 1 is 0.733 bits per heavy atom. The molecule has 0 N–H and O–H groups in total. The van der Waals surface area contributed by atoms with Gasteiger partial charge in [0, 0.05) is 5.41 Å². The van der Waals surface area contributed by atoms with Gasteiger partial charge in [-0.2, -0.15) is 28.3 Å². The van der Waals surface area contributed by atoms with Gasteiger partial charge in [-0.25, -0.2) is 11.6 Å². The second-order valence-corrected chi connectivity index (χ2v) is 17.5. The summed E-state index contributed by atoms with van der Waals surface area (Å²) in [6, 6.07) is 14.3. The predicted octanol–water partition coefficient (Wildman–Crippen LogP) is 5.45. The maximum absolute atomic E-state index is 3.65. The molecular formula is C42H52Cl2Zr-2. The van der Waals surface area contributed by atoms with Crippen LogP contribution in [0.2, 0.25) is 0 Å². The van der Waals surface area contributed by atoms with Crippen LogP contribution in [0.15, 0.2) is 42.5 Å². The number of hydrogen-bond acceptors (Lipinski definition) is 0. The molecule has 45 heavy (non-hydrogen) atoms. The SMILES string of the molecule is CC1=[C-]C(C)(C)c2cc3c(cc21)-c1cc2c(cc1C3)C(C)(C)C=C2C.Cc1cc(C(C)(C)C)c(C)[cH-]1.[Cl-].[Cl-].[Zr+2]=[C]1CCCCC1. The molecular weight excluding hydrogens is 667 g/mol. The molecule has 240 valence electrons. The van der Waals surface area contributed by atoms with Gasteiger partial charge in [-0.05, 0) is 58.4 Å². The first-order valence-electron chi connectivity index (χ1n) is 16.5. The van der Waals surface area contributed by atoms with Crippen molar-refractivity contribution in [1.29, 1.82) is 0 Å². The van der Waals surface area contributed by atoms with Crippen LogP contribution in [0, 0.1) is 19.9 Å². The molecule has 0 aromatic heterocycles. The first-order valence-corrected chi connectivity index (χ1v) is 17.7. The van der Waals surface area contributed by atoms with Gasteiger partial charge in [0.2, 0.25) is 0 Å². The average molecular weight is 719 g/mol. The van der Waals surface area contributed by atoms with Gasteiger partial charge in [0.15, 0.2) is 0 Å². The first kappa shape index (κ1) is 38.1. The van der Waals surface area contributed by atoms with Gasteiger partial charge in [-0.3, -0.25) is 6.08 Å². The van der Waals surface area contributed by atoms with Gasteiger partial charge in [-0.15, -0.1) is 11.6 Å². The first-order chi connectivity index (χ1) is 20.0. The van der Waals surface area contributed by atoms with Crippen molar-refractivity contribution in [2.75, 3.05) is 0 Å². The van der Waals surface area contributed by atoms with Crippen LogP contribution in [0.4, 0.5) is 0 Å². The van der Waals surface area contributed by atoms with E-state index in [-0.39, 0.29) is 35.6 Å². The summed E-state index contributed by atoms with van der Waals surface area (Å²) in [6.07, 6.45) is 14.4. The van der Waals surface area contributed by atoms with Crippen molar-refractivity contribution in [3.63, 3.8) is 0 Å². The van der Waals surface area contributed by atoms with E-state index < -0.39 is 0 Å². The van der Waals surface area contributed by atoms with Crippen LogP contribution in [0.1, 0.15) is 144 Å². The second-order valence-electron chi connectivity index (χ2n) is 15.8. The summed E-state index contributed by atoms with van der Waals surface area (Å²) in [5.74, 6) is 0. The third-order valence-corrected chi connectivity index (χ3v) is 11.2. The standard InChI is InChI=1S/C25H25.C11H17.C6H10.2ClH.Zr/c1-14-12-24(3,4)22-8-16-7-17-9-23-19(15(2)13-25(23,5)6)11-21(17)20(16)10-18(14)22;1-8-6-9(2)10(7-8)11(3,4)5;1-2-4-6-5-3-1;;;/h8-12H,7H2,1-6H3;6-7H,1-5H3;1-5H2;2*1H;/q2*-1;;;;+2/p-2. The van der Waals surface area contributed by atoms with E-state index in [4.69, 9.17) is 0 Å². The van der Waals surface area contributed by atoms with Gasteiger partial charge in [0.1, 0.15) is 0 Å². The Kier molecular flexibility index (Phi) is 11.8. The molecule has 0 saturated heterocycles. The van der Waals surface area contributed by atoms with Crippen LogP contribution in [0.5, 0.6) is 0 Å². The van der Waals surface area contributed by atoms with Crippen LogP contribution in [-0.4, -0.2) is 3.21 Å². The third-order valence-electron chi connectivity index (χ3n) is 9.94. The zero-order valence-electron chi connectivity index (χ0n) is 29.5. The van der Waals surface area contributed by atoms with Crippen LogP contribution in [0.25, 0.3) is 22.3 Å². The molecule has 0 bridgehead atoms. The molecule has 1 saturated carbocycles. The van der Waals surface area contributed by atoms with Crippen molar-refractivity contribution in [2.24, 2.45) is 0 Å².